The molecule has 5 atom stereocenters. The predicted octanol–water partition coefficient (Wildman–Crippen LogP) is 2.51. The van der Waals surface area contributed by atoms with E-state index in [4.69, 9.17) is 5.73 Å². The molecule has 0 saturated heterocycles. The van der Waals surface area contributed by atoms with Crippen molar-refractivity contribution in [1.29, 1.82) is 0 Å². The fourth-order valence-electron chi connectivity index (χ4n) is 4.31. The Balaban J connectivity index is 1.63. The summed E-state index contributed by atoms with van der Waals surface area (Å²) < 4.78 is 0. The van der Waals surface area contributed by atoms with E-state index < -0.39 is 30.2 Å². The van der Waals surface area contributed by atoms with Crippen LogP contribution in [0, 0.1) is 5.92 Å². The van der Waals surface area contributed by atoms with E-state index >= 15 is 0 Å². The average molecular weight is 519 g/mol. The molecule has 7 nitrogen and oxygen atoms in total. The summed E-state index contributed by atoms with van der Waals surface area (Å²) in [4.78, 5) is 13.3. The number of phenolic OH excluding ortho intramolecular Hbond substituents is 1. The number of carbonyl (C=O) groups excluding carboxylic acids is 1. The second kappa shape index (κ2) is 15.1. The molecular weight excluding hydrogens is 480 g/mol. The zero-order valence-electron chi connectivity index (χ0n) is 21.4. The van der Waals surface area contributed by atoms with Gasteiger partial charge < -0.3 is 31.5 Å². The van der Waals surface area contributed by atoms with Crippen LogP contribution in [-0.4, -0.2) is 57.2 Å². The average Bonchev–Trinajstić information content (AvgIpc) is 2.93. The van der Waals surface area contributed by atoms with Crippen LogP contribution in [-0.2, 0) is 24.1 Å². The number of rotatable bonds is 14. The number of aromatic hydroxyl groups is 1. The molecule has 3 aromatic carbocycles. The number of hydrogen-bond donors (Lipinski definition) is 6. The molecule has 0 saturated carbocycles. The van der Waals surface area contributed by atoms with Gasteiger partial charge in [0, 0.05) is 6.04 Å². The number of phenols is 1. The zero-order valence-corrected chi connectivity index (χ0v) is 21.4. The highest BCUT2D eigenvalue weighted by Gasteiger charge is 2.27. The molecule has 7 N–H and O–H groups in total. The van der Waals surface area contributed by atoms with Crippen molar-refractivity contribution < 1.29 is 25.2 Å². The maximum Gasteiger partial charge on any atom is 0.226 e. The lowest BCUT2D eigenvalue weighted by molar-refractivity contribution is -0.128. The lowest BCUT2D eigenvalue weighted by Crippen LogP contribution is -2.45. The van der Waals surface area contributed by atoms with E-state index in [1.54, 1.807) is 30.3 Å². The van der Waals surface area contributed by atoms with E-state index in [9.17, 15) is 25.2 Å². The van der Waals surface area contributed by atoms with E-state index in [-0.39, 0.29) is 24.7 Å². The molecule has 202 valence electrons. The third kappa shape index (κ3) is 9.43. The van der Waals surface area contributed by atoms with Gasteiger partial charge in [0.1, 0.15) is 5.75 Å². The Kier molecular flexibility index (Phi) is 11.5. The highest BCUT2D eigenvalue weighted by atomic mass is 16.3. The summed E-state index contributed by atoms with van der Waals surface area (Å²) >= 11 is 0. The predicted molar refractivity (Wildman–Crippen MR) is 148 cm³/mol. The summed E-state index contributed by atoms with van der Waals surface area (Å²) in [5.74, 6) is -0.980. The number of amides is 1. The number of hydrogen-bond acceptors (Lipinski definition) is 6. The second-order valence-corrected chi connectivity index (χ2v) is 9.63. The van der Waals surface area contributed by atoms with Crippen molar-refractivity contribution >= 4 is 5.91 Å². The molecule has 0 aliphatic rings. The zero-order chi connectivity index (χ0) is 27.3. The first-order valence-corrected chi connectivity index (χ1v) is 12.9. The monoisotopic (exact) mass is 518 g/mol. The maximum absolute atomic E-state index is 13.3. The van der Waals surface area contributed by atoms with Gasteiger partial charge in [-0.25, -0.2) is 0 Å². The summed E-state index contributed by atoms with van der Waals surface area (Å²) in [6, 6.07) is 24.7. The molecule has 0 unspecified atom stereocenters. The van der Waals surface area contributed by atoms with Gasteiger partial charge in [-0.15, -0.1) is 0 Å². The highest BCUT2D eigenvalue weighted by Crippen LogP contribution is 2.17. The van der Waals surface area contributed by atoms with Gasteiger partial charge in [0.2, 0.25) is 5.91 Å². The molecule has 1 amide bonds. The second-order valence-electron chi connectivity index (χ2n) is 9.63. The Bertz CT molecular complexity index is 1120. The Morgan fingerprint density at radius 3 is 1.95 bits per heavy atom. The lowest BCUT2D eigenvalue weighted by Gasteiger charge is -2.24. The molecule has 3 rings (SSSR count). The summed E-state index contributed by atoms with van der Waals surface area (Å²) in [5, 5.41) is 43.7. The van der Waals surface area contributed by atoms with Crippen LogP contribution < -0.4 is 11.1 Å². The molecule has 0 aliphatic carbocycles. The van der Waals surface area contributed by atoms with Crippen LogP contribution in [0.4, 0.5) is 0 Å². The van der Waals surface area contributed by atoms with Gasteiger partial charge in [-0.3, -0.25) is 4.79 Å². The number of nitrogens with two attached hydrogens (primary N) is 1. The smallest absolute Gasteiger partial charge is 0.226 e. The van der Waals surface area contributed by atoms with Gasteiger partial charge in [0.05, 0.1) is 30.8 Å². The molecule has 0 bridgehead atoms. The van der Waals surface area contributed by atoms with Gasteiger partial charge in [-0.1, -0.05) is 84.9 Å². The van der Waals surface area contributed by atoms with Crippen molar-refractivity contribution in [1.82, 2.24) is 5.32 Å². The third-order valence-corrected chi connectivity index (χ3v) is 6.55. The molecule has 7 heteroatoms. The Hall–Kier alpha value is -3.49. The van der Waals surface area contributed by atoms with Crippen LogP contribution in [0.2, 0.25) is 0 Å². The standard InChI is InChI=1S/C31H38N2O5/c32-28(20-24-14-16-26(35)17-15-24)30(37)13-7-12-29(36)27(19-23-10-5-2-6-11-23)31(38)33-25(21-34)18-22-8-3-1-4-9-22/h1-12,14-17,25,27-30,34-37H,13,18-21,32H2,(H,33,38)/b12-7+/t25-,27+,28-,29-,30-/m0/s1. The fraction of sp³-hybridized carbons (Fsp3) is 0.323. The SMILES string of the molecule is N[C@@H](Cc1ccc(O)cc1)[C@@H](O)C/C=C/[C@H](O)[C@@H](Cc1ccccc1)C(=O)N[C@H](CO)Cc1ccccc1. The molecule has 38 heavy (non-hydrogen) atoms. The quantitative estimate of drug-likeness (QED) is 0.182. The molecule has 0 radical (unpaired) electrons. The van der Waals surface area contributed by atoms with Gasteiger partial charge in [-0.2, -0.15) is 0 Å². The normalized spacial score (nSPS) is 15.5. The molecule has 0 spiro atoms. The van der Waals surface area contributed by atoms with Crippen LogP contribution in [0.5, 0.6) is 5.75 Å². The van der Waals surface area contributed by atoms with E-state index in [1.807, 2.05) is 60.7 Å². The van der Waals surface area contributed by atoms with Crippen molar-refractivity contribution in [2.75, 3.05) is 6.61 Å². The summed E-state index contributed by atoms with van der Waals surface area (Å²) in [6.07, 6.45) is 2.64. The van der Waals surface area contributed by atoms with Gasteiger partial charge in [0.15, 0.2) is 0 Å². The maximum atomic E-state index is 13.3. The van der Waals surface area contributed by atoms with Crippen molar-refractivity contribution in [3.63, 3.8) is 0 Å². The minimum atomic E-state index is -1.10. The van der Waals surface area contributed by atoms with Gasteiger partial charge >= 0.3 is 0 Å². The molecule has 0 fully saturated rings. The Labute approximate surface area is 224 Å². The first-order valence-electron chi connectivity index (χ1n) is 12.9. The number of aliphatic hydroxyl groups is 3. The van der Waals surface area contributed by atoms with Gasteiger partial charge in [-0.05, 0) is 54.5 Å². The topological polar surface area (TPSA) is 136 Å². The molecule has 3 aromatic rings. The minimum Gasteiger partial charge on any atom is -0.508 e. The van der Waals surface area contributed by atoms with Gasteiger partial charge in [0.25, 0.3) is 0 Å². The van der Waals surface area contributed by atoms with Crippen LogP contribution in [0.15, 0.2) is 97.1 Å². The summed E-state index contributed by atoms with van der Waals surface area (Å²) in [6.45, 7) is -0.226. The van der Waals surface area contributed by atoms with E-state index in [1.165, 1.54) is 6.08 Å². The van der Waals surface area contributed by atoms with Crippen LogP contribution in [0.3, 0.4) is 0 Å². The molecule has 0 aliphatic heterocycles. The first-order chi connectivity index (χ1) is 18.4. The molecule has 0 heterocycles. The Morgan fingerprint density at radius 2 is 1.37 bits per heavy atom. The van der Waals surface area contributed by atoms with E-state index in [2.05, 4.69) is 5.32 Å². The van der Waals surface area contributed by atoms with Crippen LogP contribution in [0.1, 0.15) is 23.1 Å². The number of benzene rings is 3. The largest absolute Gasteiger partial charge is 0.508 e. The number of nitrogens with one attached hydrogen (secondary N) is 1. The summed E-state index contributed by atoms with van der Waals surface area (Å²) in [5.41, 5.74) is 8.94. The van der Waals surface area contributed by atoms with Crippen molar-refractivity contribution in [2.24, 2.45) is 11.7 Å². The molecule has 0 aromatic heterocycles. The van der Waals surface area contributed by atoms with Crippen LogP contribution >= 0.6 is 0 Å². The minimum absolute atomic E-state index is 0.166. The number of carbonyl (C=O) groups is 1. The van der Waals surface area contributed by atoms with Crippen molar-refractivity contribution in [2.45, 2.75) is 50.0 Å². The first kappa shape index (κ1) is 29.1. The summed E-state index contributed by atoms with van der Waals surface area (Å²) in [7, 11) is 0. The van der Waals surface area contributed by atoms with Crippen LogP contribution in [0.25, 0.3) is 0 Å². The van der Waals surface area contributed by atoms with E-state index in [0.717, 1.165) is 16.7 Å². The van der Waals surface area contributed by atoms with Crippen molar-refractivity contribution in [3.8, 4) is 5.75 Å². The third-order valence-electron chi connectivity index (χ3n) is 6.55. The fourth-order valence-corrected chi connectivity index (χ4v) is 4.31. The van der Waals surface area contributed by atoms with Crippen molar-refractivity contribution in [3.05, 3.63) is 114 Å². The molecular formula is C31H38N2O5. The number of aliphatic hydroxyl groups excluding tert-OH is 3. The highest BCUT2D eigenvalue weighted by molar-refractivity contribution is 5.80. The Morgan fingerprint density at radius 1 is 0.816 bits per heavy atom. The van der Waals surface area contributed by atoms with E-state index in [0.29, 0.717) is 19.3 Å². The lowest BCUT2D eigenvalue weighted by atomic mass is 9.91.